The van der Waals surface area contributed by atoms with Gasteiger partial charge in [0, 0.05) is 23.1 Å². The molecule has 2 amide bonds. The molecule has 0 radical (unpaired) electrons. The van der Waals surface area contributed by atoms with Crippen LogP contribution in [0.3, 0.4) is 0 Å². The Morgan fingerprint density at radius 1 is 1.07 bits per heavy atom. The van der Waals surface area contributed by atoms with Gasteiger partial charge in [-0.15, -0.1) is 11.3 Å². The third-order valence-electron chi connectivity index (χ3n) is 4.33. The van der Waals surface area contributed by atoms with E-state index in [9.17, 15) is 9.59 Å². The van der Waals surface area contributed by atoms with E-state index in [1.165, 1.54) is 11.3 Å². The lowest BCUT2D eigenvalue weighted by atomic mass is 10.1. The quantitative estimate of drug-likeness (QED) is 0.609. The number of hydrogen-bond donors (Lipinski definition) is 1. The number of carbonyl (C=O) groups excluding carboxylic acids is 2. The summed E-state index contributed by atoms with van der Waals surface area (Å²) in [5, 5.41) is 5.27. The molecule has 1 heterocycles. The molecule has 6 heteroatoms. The second-order valence-electron chi connectivity index (χ2n) is 7.40. The number of nitrogens with one attached hydrogen (secondary N) is 1. The molecule has 150 valence electrons. The first-order valence-electron chi connectivity index (χ1n) is 9.59. The predicted molar refractivity (Wildman–Crippen MR) is 118 cm³/mol. The van der Waals surface area contributed by atoms with Gasteiger partial charge < -0.3 is 10.2 Å². The fourth-order valence-electron chi connectivity index (χ4n) is 2.94. The normalized spacial score (nSPS) is 10.8. The number of rotatable bonds is 7. The molecule has 0 saturated carbocycles. The summed E-state index contributed by atoms with van der Waals surface area (Å²) in [5.41, 5.74) is 3.50. The Bertz CT molecular complexity index is 965. The van der Waals surface area contributed by atoms with E-state index >= 15 is 0 Å². The largest absolute Gasteiger partial charge is 0.329 e. The number of benzene rings is 2. The second-order valence-corrected chi connectivity index (χ2v) is 8.26. The summed E-state index contributed by atoms with van der Waals surface area (Å²) >= 11 is 1.37. The molecule has 0 unspecified atom stereocenters. The Hall–Kier alpha value is -2.99. The molecule has 0 aliphatic carbocycles. The van der Waals surface area contributed by atoms with Gasteiger partial charge in [0.25, 0.3) is 5.91 Å². The molecule has 3 aromatic rings. The van der Waals surface area contributed by atoms with E-state index in [2.05, 4.69) is 10.3 Å². The first-order chi connectivity index (χ1) is 13.9. The maximum absolute atomic E-state index is 12.9. The highest BCUT2D eigenvalue weighted by molar-refractivity contribution is 7.14. The molecule has 0 aliphatic rings. The minimum Gasteiger partial charge on any atom is -0.329 e. The lowest BCUT2D eigenvalue weighted by Crippen LogP contribution is -2.40. The maximum atomic E-state index is 12.9. The third kappa shape index (κ3) is 5.74. The minimum absolute atomic E-state index is 0.00879. The number of thiazole rings is 1. The molecule has 0 saturated heterocycles. The van der Waals surface area contributed by atoms with Gasteiger partial charge in [0.05, 0.1) is 5.69 Å². The number of aromatic nitrogens is 1. The molecule has 0 aliphatic heterocycles. The molecule has 0 spiro atoms. The molecule has 3 rings (SSSR count). The fraction of sp³-hybridized carbons (Fsp3) is 0.261. The van der Waals surface area contributed by atoms with Crippen molar-refractivity contribution in [3.8, 4) is 11.3 Å². The van der Waals surface area contributed by atoms with Gasteiger partial charge in [-0.2, -0.15) is 0 Å². The Labute approximate surface area is 175 Å². The summed E-state index contributed by atoms with van der Waals surface area (Å²) in [6, 6.07) is 17.2. The van der Waals surface area contributed by atoms with Crippen LogP contribution in [0.25, 0.3) is 11.3 Å². The number of nitrogens with zero attached hydrogens (tertiary/aromatic N) is 2. The van der Waals surface area contributed by atoms with Crippen LogP contribution in [0, 0.1) is 12.8 Å². The number of hydrogen-bond acceptors (Lipinski definition) is 4. The van der Waals surface area contributed by atoms with Gasteiger partial charge >= 0.3 is 0 Å². The van der Waals surface area contributed by atoms with Crippen molar-refractivity contribution < 1.29 is 9.59 Å². The predicted octanol–water partition coefficient (Wildman–Crippen LogP) is 4.86. The van der Waals surface area contributed by atoms with Crippen LogP contribution in [0.15, 0.2) is 60.0 Å². The summed E-state index contributed by atoms with van der Waals surface area (Å²) in [6.07, 6.45) is 0. The van der Waals surface area contributed by atoms with Crippen LogP contribution in [-0.2, 0) is 4.79 Å². The fourth-order valence-corrected chi connectivity index (χ4v) is 3.68. The van der Waals surface area contributed by atoms with Crippen molar-refractivity contribution in [1.82, 2.24) is 9.88 Å². The van der Waals surface area contributed by atoms with Crippen LogP contribution in [0.2, 0.25) is 0 Å². The highest BCUT2D eigenvalue weighted by Crippen LogP contribution is 2.24. The van der Waals surface area contributed by atoms with Gasteiger partial charge in [-0.05, 0) is 25.0 Å². The molecule has 0 atom stereocenters. The summed E-state index contributed by atoms with van der Waals surface area (Å²) in [6.45, 7) is 6.53. The Kier molecular flexibility index (Phi) is 6.77. The van der Waals surface area contributed by atoms with Crippen LogP contribution in [0.5, 0.6) is 0 Å². The number of carbonyl (C=O) groups is 2. The summed E-state index contributed by atoms with van der Waals surface area (Å²) in [4.78, 5) is 31.6. The van der Waals surface area contributed by atoms with Crippen LogP contribution in [-0.4, -0.2) is 34.8 Å². The van der Waals surface area contributed by atoms with Gasteiger partial charge in [0.2, 0.25) is 5.91 Å². The average molecular weight is 408 g/mol. The number of anilines is 1. The maximum Gasteiger partial charge on any atom is 0.254 e. The monoisotopic (exact) mass is 407 g/mol. The SMILES string of the molecule is Cc1ccc(C(=O)N(CC(=O)Nc2nc(-c3ccccc3)cs2)CC(C)C)cc1. The first kappa shape index (κ1) is 20.7. The zero-order valence-corrected chi connectivity index (χ0v) is 17.7. The van der Waals surface area contributed by atoms with Gasteiger partial charge in [0.15, 0.2) is 5.13 Å². The summed E-state index contributed by atoms with van der Waals surface area (Å²) in [5.74, 6) is -0.139. The van der Waals surface area contributed by atoms with E-state index in [1.54, 1.807) is 17.0 Å². The van der Waals surface area contributed by atoms with Crippen LogP contribution >= 0.6 is 11.3 Å². The first-order valence-corrected chi connectivity index (χ1v) is 10.5. The summed E-state index contributed by atoms with van der Waals surface area (Å²) in [7, 11) is 0. The molecular weight excluding hydrogens is 382 g/mol. The van der Waals surface area contributed by atoms with E-state index < -0.39 is 0 Å². The Morgan fingerprint density at radius 3 is 2.41 bits per heavy atom. The minimum atomic E-state index is -0.250. The highest BCUT2D eigenvalue weighted by Gasteiger charge is 2.20. The number of amides is 2. The average Bonchev–Trinajstić information content (AvgIpc) is 3.16. The van der Waals surface area contributed by atoms with E-state index in [1.807, 2.05) is 68.6 Å². The van der Waals surface area contributed by atoms with Crippen molar-refractivity contribution in [3.05, 3.63) is 71.1 Å². The zero-order valence-electron chi connectivity index (χ0n) is 16.9. The van der Waals surface area contributed by atoms with Crippen molar-refractivity contribution >= 4 is 28.3 Å². The molecule has 29 heavy (non-hydrogen) atoms. The molecule has 0 bridgehead atoms. The molecule has 1 N–H and O–H groups in total. The van der Waals surface area contributed by atoms with Gasteiger partial charge in [-0.25, -0.2) is 4.98 Å². The van der Waals surface area contributed by atoms with Gasteiger partial charge in [-0.1, -0.05) is 61.9 Å². The van der Waals surface area contributed by atoms with Crippen LogP contribution in [0.1, 0.15) is 29.8 Å². The zero-order chi connectivity index (χ0) is 20.8. The van der Waals surface area contributed by atoms with Crippen molar-refractivity contribution in [2.24, 2.45) is 5.92 Å². The molecule has 1 aromatic heterocycles. The van der Waals surface area contributed by atoms with Crippen molar-refractivity contribution in [3.63, 3.8) is 0 Å². The smallest absolute Gasteiger partial charge is 0.254 e. The lowest BCUT2D eigenvalue weighted by Gasteiger charge is -2.24. The van der Waals surface area contributed by atoms with E-state index in [0.29, 0.717) is 17.2 Å². The summed E-state index contributed by atoms with van der Waals surface area (Å²) < 4.78 is 0. The van der Waals surface area contributed by atoms with Crippen molar-refractivity contribution in [2.75, 3.05) is 18.4 Å². The number of aryl methyl sites for hydroxylation is 1. The third-order valence-corrected chi connectivity index (χ3v) is 5.08. The van der Waals surface area contributed by atoms with E-state index in [-0.39, 0.29) is 24.3 Å². The van der Waals surface area contributed by atoms with E-state index in [0.717, 1.165) is 16.8 Å². The van der Waals surface area contributed by atoms with Crippen molar-refractivity contribution in [2.45, 2.75) is 20.8 Å². The standard InChI is InChI=1S/C23H25N3O2S/c1-16(2)13-26(22(28)19-11-9-17(3)10-12-19)14-21(27)25-23-24-20(15-29-23)18-7-5-4-6-8-18/h4-12,15-16H,13-14H2,1-3H3,(H,24,25,27). The molecular formula is C23H25N3O2S. The molecule has 5 nitrogen and oxygen atoms in total. The molecule has 0 fully saturated rings. The van der Waals surface area contributed by atoms with Crippen molar-refractivity contribution in [1.29, 1.82) is 0 Å². The van der Waals surface area contributed by atoms with Crippen LogP contribution < -0.4 is 5.32 Å². The second kappa shape index (κ2) is 9.47. The lowest BCUT2D eigenvalue weighted by molar-refractivity contribution is -0.117. The Morgan fingerprint density at radius 2 is 1.76 bits per heavy atom. The highest BCUT2D eigenvalue weighted by atomic mass is 32.1. The van der Waals surface area contributed by atoms with Crippen LogP contribution in [0.4, 0.5) is 5.13 Å². The Balaban J connectivity index is 1.68. The molecule has 2 aromatic carbocycles. The van der Waals surface area contributed by atoms with Gasteiger partial charge in [-0.3, -0.25) is 9.59 Å². The van der Waals surface area contributed by atoms with Gasteiger partial charge in [0.1, 0.15) is 6.54 Å². The van der Waals surface area contributed by atoms with E-state index in [4.69, 9.17) is 0 Å². The topological polar surface area (TPSA) is 62.3 Å².